The Morgan fingerprint density at radius 2 is 2.06 bits per heavy atom. The Morgan fingerprint density at radius 3 is 2.77 bits per heavy atom. The molecule has 1 aliphatic rings. The lowest BCUT2D eigenvalue weighted by Gasteiger charge is -2.21. The third kappa shape index (κ3) is 10.2. The van der Waals surface area contributed by atoms with Gasteiger partial charge in [0.2, 0.25) is 11.8 Å². The van der Waals surface area contributed by atoms with E-state index in [1.165, 1.54) is 16.9 Å². The van der Waals surface area contributed by atoms with E-state index in [1.807, 2.05) is 37.5 Å². The summed E-state index contributed by atoms with van der Waals surface area (Å²) in [5, 5.41) is 5.35. The van der Waals surface area contributed by atoms with Gasteiger partial charge < -0.3 is 15.0 Å². The molecule has 0 fully saturated rings. The number of thiazole rings is 1. The Hall–Kier alpha value is -2.77. The van der Waals surface area contributed by atoms with Crippen LogP contribution in [-0.4, -0.2) is 48.5 Å². The van der Waals surface area contributed by atoms with Gasteiger partial charge in [-0.2, -0.15) is 0 Å². The van der Waals surface area contributed by atoms with Gasteiger partial charge in [-0.25, -0.2) is 4.98 Å². The zero-order valence-electron chi connectivity index (χ0n) is 21.5. The van der Waals surface area contributed by atoms with E-state index in [1.54, 1.807) is 12.0 Å². The maximum Gasteiger partial charge on any atom is 0.245 e. The molecule has 0 spiro atoms. The monoisotopic (exact) mass is 497 g/mol. The van der Waals surface area contributed by atoms with Gasteiger partial charge in [-0.05, 0) is 49.3 Å². The summed E-state index contributed by atoms with van der Waals surface area (Å²) in [5.74, 6) is -0.236. The van der Waals surface area contributed by atoms with E-state index in [4.69, 9.17) is 4.74 Å². The summed E-state index contributed by atoms with van der Waals surface area (Å²) in [4.78, 5) is 31.8. The van der Waals surface area contributed by atoms with Gasteiger partial charge in [0.1, 0.15) is 0 Å². The van der Waals surface area contributed by atoms with Gasteiger partial charge in [-0.15, -0.1) is 11.3 Å². The topological polar surface area (TPSA) is 71.5 Å². The van der Waals surface area contributed by atoms with Crippen molar-refractivity contribution in [1.29, 1.82) is 0 Å². The maximum absolute atomic E-state index is 12.8. The van der Waals surface area contributed by atoms with Crippen molar-refractivity contribution in [2.24, 2.45) is 0 Å². The molecule has 1 N–H and O–H groups in total. The van der Waals surface area contributed by atoms with Gasteiger partial charge >= 0.3 is 0 Å². The Balaban J connectivity index is 1.98. The molecule has 190 valence electrons. The number of aromatic nitrogens is 1. The largest absolute Gasteiger partial charge is 0.380 e. The molecule has 0 bridgehead atoms. The van der Waals surface area contributed by atoms with Gasteiger partial charge in [-0.3, -0.25) is 9.59 Å². The molecule has 0 radical (unpaired) electrons. The van der Waals surface area contributed by atoms with Crippen molar-refractivity contribution in [2.45, 2.75) is 59.3 Å². The molecule has 1 aromatic rings. The highest BCUT2D eigenvalue weighted by Crippen LogP contribution is 2.24. The molecule has 2 amide bonds. The minimum Gasteiger partial charge on any atom is -0.380 e. The molecule has 0 aromatic carbocycles. The number of nitrogens with one attached hydrogen (secondary N) is 1. The first kappa shape index (κ1) is 28.5. The minimum atomic E-state index is -0.229. The molecule has 0 aliphatic heterocycles. The van der Waals surface area contributed by atoms with Crippen molar-refractivity contribution in [3.05, 3.63) is 64.8 Å². The van der Waals surface area contributed by atoms with Crippen molar-refractivity contribution in [3.8, 4) is 0 Å². The number of hydrogen-bond acceptors (Lipinski definition) is 5. The van der Waals surface area contributed by atoms with E-state index in [2.05, 4.69) is 41.5 Å². The molecule has 0 saturated heterocycles. The van der Waals surface area contributed by atoms with E-state index in [0.29, 0.717) is 31.1 Å². The lowest BCUT2D eigenvalue weighted by Crippen LogP contribution is -2.38. The fourth-order valence-corrected chi connectivity index (χ4v) is 4.51. The highest BCUT2D eigenvalue weighted by molar-refractivity contribution is 7.14. The van der Waals surface area contributed by atoms with Crippen LogP contribution in [0, 0.1) is 0 Å². The van der Waals surface area contributed by atoms with E-state index in [9.17, 15) is 9.59 Å². The normalized spacial score (nSPS) is 14.0. The molecule has 1 aliphatic carbocycles. The SMILES string of the molecule is C/C=C(\C=C(/CCC)COC)c1csc(NC(=O)CN(CCC)C(=O)CCC2=CC=CCC=C2)n1. The van der Waals surface area contributed by atoms with Crippen LogP contribution in [0.1, 0.15) is 65.0 Å². The fraction of sp³-hybridized carbons (Fsp3) is 0.464. The second-order valence-corrected chi connectivity index (χ2v) is 9.30. The first-order valence-corrected chi connectivity index (χ1v) is 13.3. The number of anilines is 1. The average molecular weight is 498 g/mol. The smallest absolute Gasteiger partial charge is 0.245 e. The maximum atomic E-state index is 12.8. The number of rotatable bonds is 14. The van der Waals surface area contributed by atoms with E-state index in [-0.39, 0.29) is 18.4 Å². The Bertz CT molecular complexity index is 977. The van der Waals surface area contributed by atoms with Crippen molar-refractivity contribution < 1.29 is 14.3 Å². The number of nitrogens with zero attached hydrogens (tertiary/aromatic N) is 2. The Kier molecular flexibility index (Phi) is 13.0. The second-order valence-electron chi connectivity index (χ2n) is 8.44. The number of hydrogen-bond donors (Lipinski definition) is 1. The van der Waals surface area contributed by atoms with Crippen LogP contribution >= 0.6 is 11.3 Å². The van der Waals surface area contributed by atoms with Gasteiger partial charge in [0.25, 0.3) is 0 Å². The zero-order valence-corrected chi connectivity index (χ0v) is 22.3. The molecule has 35 heavy (non-hydrogen) atoms. The summed E-state index contributed by atoms with van der Waals surface area (Å²) in [5.41, 5.74) is 4.16. The number of allylic oxidation sites excluding steroid dienone is 9. The fourth-order valence-electron chi connectivity index (χ4n) is 3.78. The molecule has 2 rings (SSSR count). The number of amides is 2. The average Bonchev–Trinajstić information content (AvgIpc) is 3.13. The third-order valence-electron chi connectivity index (χ3n) is 5.48. The van der Waals surface area contributed by atoms with Crippen LogP contribution in [0.3, 0.4) is 0 Å². The van der Waals surface area contributed by atoms with Crippen LogP contribution in [0.25, 0.3) is 5.57 Å². The molecule has 1 aromatic heterocycles. The summed E-state index contributed by atoms with van der Waals surface area (Å²) in [6, 6.07) is 0. The highest BCUT2D eigenvalue weighted by atomic mass is 32.1. The molecule has 0 saturated carbocycles. The van der Waals surface area contributed by atoms with Crippen LogP contribution in [0.5, 0.6) is 0 Å². The standard InChI is InChI=1S/C28H39N3O3S/c1-5-12-23(20-34-4)18-24(7-3)25-21-35-28(29-25)30-26(32)19-31(17-6-2)27(33)16-15-22-13-10-8-9-11-14-22/h7-8,10-11,13-14,18,21H,5-6,9,12,15-17,19-20H2,1-4H3,(H,29,30,32)/b23-18+,24-7+. The van der Waals surface area contributed by atoms with Crippen LogP contribution < -0.4 is 5.32 Å². The quantitative estimate of drug-likeness (QED) is 0.305. The highest BCUT2D eigenvalue weighted by Gasteiger charge is 2.18. The molecule has 0 atom stereocenters. The summed E-state index contributed by atoms with van der Waals surface area (Å²) in [7, 11) is 1.70. The van der Waals surface area contributed by atoms with Crippen LogP contribution in [0.15, 0.2) is 59.1 Å². The molecule has 6 nitrogen and oxygen atoms in total. The van der Waals surface area contributed by atoms with Crippen molar-refractivity contribution >= 4 is 33.9 Å². The van der Waals surface area contributed by atoms with Gasteiger partial charge in [-0.1, -0.05) is 62.8 Å². The first-order chi connectivity index (χ1) is 17.0. The van der Waals surface area contributed by atoms with Gasteiger partial charge in [0.15, 0.2) is 5.13 Å². The van der Waals surface area contributed by atoms with E-state index >= 15 is 0 Å². The molecular formula is C28H39N3O3S. The number of carbonyl (C=O) groups excluding carboxylic acids is 2. The number of methoxy groups -OCH3 is 1. The second kappa shape index (κ2) is 16.0. The van der Waals surface area contributed by atoms with Crippen molar-refractivity contribution in [2.75, 3.05) is 32.1 Å². The lowest BCUT2D eigenvalue weighted by atomic mass is 10.1. The predicted octanol–water partition coefficient (Wildman–Crippen LogP) is 6.32. The van der Waals surface area contributed by atoms with Crippen molar-refractivity contribution in [3.63, 3.8) is 0 Å². The summed E-state index contributed by atoms with van der Waals surface area (Å²) in [6.45, 7) is 7.30. The predicted molar refractivity (Wildman–Crippen MR) is 146 cm³/mol. The van der Waals surface area contributed by atoms with Gasteiger partial charge in [0.05, 0.1) is 18.8 Å². The van der Waals surface area contributed by atoms with Crippen LogP contribution in [-0.2, 0) is 14.3 Å². The Morgan fingerprint density at radius 1 is 1.23 bits per heavy atom. The molecule has 7 heteroatoms. The number of carbonyl (C=O) groups is 2. The molecular weight excluding hydrogens is 458 g/mol. The summed E-state index contributed by atoms with van der Waals surface area (Å²) < 4.78 is 5.32. The van der Waals surface area contributed by atoms with Gasteiger partial charge in [0, 0.05) is 25.5 Å². The molecule has 1 heterocycles. The molecule has 0 unspecified atom stereocenters. The van der Waals surface area contributed by atoms with Crippen LogP contribution in [0.2, 0.25) is 0 Å². The van der Waals surface area contributed by atoms with Crippen molar-refractivity contribution in [1.82, 2.24) is 9.88 Å². The first-order valence-electron chi connectivity index (χ1n) is 12.4. The summed E-state index contributed by atoms with van der Waals surface area (Å²) >= 11 is 1.39. The summed E-state index contributed by atoms with van der Waals surface area (Å²) in [6.07, 6.45) is 19.2. The number of ether oxygens (including phenoxy) is 1. The van der Waals surface area contributed by atoms with Crippen LogP contribution in [0.4, 0.5) is 5.13 Å². The van der Waals surface area contributed by atoms with E-state index < -0.39 is 0 Å². The minimum absolute atomic E-state index is 0.00714. The Labute approximate surface area is 214 Å². The third-order valence-corrected chi connectivity index (χ3v) is 6.23. The van der Waals surface area contributed by atoms with E-state index in [0.717, 1.165) is 42.5 Å². The zero-order chi connectivity index (χ0) is 25.5. The lowest BCUT2D eigenvalue weighted by molar-refractivity contribution is -0.134.